The maximum absolute atomic E-state index is 12.2. The number of carbonyl (C=O) groups is 2. The normalized spacial score (nSPS) is 11.7. The Bertz CT molecular complexity index is 821. The van der Waals surface area contributed by atoms with Crippen molar-refractivity contribution in [2.24, 2.45) is 0 Å². The van der Waals surface area contributed by atoms with E-state index in [1.165, 1.54) is 0 Å². The van der Waals surface area contributed by atoms with E-state index in [2.05, 4.69) is 9.72 Å². The van der Waals surface area contributed by atoms with Crippen LogP contribution in [0.5, 0.6) is 0 Å². The maximum Gasteiger partial charge on any atom is 0.374 e. The Labute approximate surface area is 145 Å². The first kappa shape index (κ1) is 18.3. The van der Waals surface area contributed by atoms with Gasteiger partial charge in [-0.25, -0.2) is 14.6 Å². The van der Waals surface area contributed by atoms with Gasteiger partial charge in [0, 0.05) is 12.2 Å². The lowest BCUT2D eigenvalue weighted by atomic mass is 10.2. The van der Waals surface area contributed by atoms with Crippen LogP contribution in [0.15, 0.2) is 36.1 Å². The molecule has 2 aromatic rings. The molecule has 0 amide bonds. The van der Waals surface area contributed by atoms with E-state index in [-0.39, 0.29) is 11.4 Å². The number of imidazole rings is 1. The minimum atomic E-state index is -1.04. The minimum Gasteiger partial charge on any atom is -0.501 e. The molecule has 0 bridgehead atoms. The SMILES string of the molecule is COC(=O)/C(O)=C(\C(=O)OC)c1nc(C)c(C)n1Cc1ccccc1. The summed E-state index contributed by atoms with van der Waals surface area (Å²) in [5.41, 5.74) is 2.12. The van der Waals surface area contributed by atoms with Gasteiger partial charge in [0.2, 0.25) is 5.76 Å². The van der Waals surface area contributed by atoms with Crippen LogP contribution in [0.1, 0.15) is 22.8 Å². The molecule has 0 atom stereocenters. The molecule has 132 valence electrons. The van der Waals surface area contributed by atoms with Gasteiger partial charge in [-0.3, -0.25) is 0 Å². The van der Waals surface area contributed by atoms with Gasteiger partial charge in [-0.1, -0.05) is 30.3 Å². The van der Waals surface area contributed by atoms with Crippen LogP contribution < -0.4 is 0 Å². The predicted octanol–water partition coefficient (Wildman–Crippen LogP) is 2.16. The number of carbonyl (C=O) groups excluding carboxylic acids is 2. The van der Waals surface area contributed by atoms with Gasteiger partial charge in [-0.05, 0) is 19.4 Å². The summed E-state index contributed by atoms with van der Waals surface area (Å²) in [4.78, 5) is 28.3. The van der Waals surface area contributed by atoms with Gasteiger partial charge < -0.3 is 19.1 Å². The van der Waals surface area contributed by atoms with Crippen molar-refractivity contribution in [1.29, 1.82) is 0 Å². The average molecular weight is 344 g/mol. The van der Waals surface area contributed by atoms with Crippen molar-refractivity contribution in [2.45, 2.75) is 20.4 Å². The van der Waals surface area contributed by atoms with E-state index in [4.69, 9.17) is 4.74 Å². The van der Waals surface area contributed by atoms with Crippen molar-refractivity contribution in [2.75, 3.05) is 14.2 Å². The third-order valence-electron chi connectivity index (χ3n) is 3.87. The molecular weight excluding hydrogens is 324 g/mol. The van der Waals surface area contributed by atoms with Crippen molar-refractivity contribution < 1.29 is 24.2 Å². The quantitative estimate of drug-likeness (QED) is 0.508. The number of methoxy groups -OCH3 is 2. The lowest BCUT2D eigenvalue weighted by Crippen LogP contribution is -2.18. The van der Waals surface area contributed by atoms with E-state index < -0.39 is 17.7 Å². The molecule has 1 aromatic heterocycles. The summed E-state index contributed by atoms with van der Waals surface area (Å²) < 4.78 is 11.0. The van der Waals surface area contributed by atoms with Crippen LogP contribution in [0.3, 0.4) is 0 Å². The van der Waals surface area contributed by atoms with Crippen LogP contribution in [0.25, 0.3) is 5.57 Å². The van der Waals surface area contributed by atoms with E-state index >= 15 is 0 Å². The molecule has 1 N–H and O–H groups in total. The van der Waals surface area contributed by atoms with Gasteiger partial charge in [0.25, 0.3) is 0 Å². The van der Waals surface area contributed by atoms with Crippen molar-refractivity contribution >= 4 is 17.5 Å². The molecule has 0 fully saturated rings. The lowest BCUT2D eigenvalue weighted by molar-refractivity contribution is -0.140. The number of aliphatic hydroxyl groups is 1. The Morgan fingerprint density at radius 2 is 1.68 bits per heavy atom. The molecule has 7 heteroatoms. The highest BCUT2D eigenvalue weighted by molar-refractivity contribution is 6.21. The van der Waals surface area contributed by atoms with Gasteiger partial charge in [0.1, 0.15) is 0 Å². The highest BCUT2D eigenvalue weighted by Crippen LogP contribution is 2.24. The van der Waals surface area contributed by atoms with Crippen LogP contribution in [-0.2, 0) is 25.6 Å². The summed E-state index contributed by atoms with van der Waals surface area (Å²) in [5.74, 6) is -2.60. The fraction of sp³-hybridized carbons (Fsp3) is 0.278. The maximum atomic E-state index is 12.2. The highest BCUT2D eigenvalue weighted by Gasteiger charge is 2.29. The molecule has 0 saturated carbocycles. The molecule has 0 unspecified atom stereocenters. The van der Waals surface area contributed by atoms with Crippen molar-refractivity contribution in [3.05, 3.63) is 58.9 Å². The highest BCUT2D eigenvalue weighted by atomic mass is 16.5. The van der Waals surface area contributed by atoms with Gasteiger partial charge in [-0.2, -0.15) is 0 Å². The van der Waals surface area contributed by atoms with Crippen LogP contribution in [0, 0.1) is 13.8 Å². The fourth-order valence-electron chi connectivity index (χ4n) is 2.40. The fourth-order valence-corrected chi connectivity index (χ4v) is 2.40. The number of hydrogen-bond acceptors (Lipinski definition) is 6. The third kappa shape index (κ3) is 3.71. The Kier molecular flexibility index (Phi) is 5.59. The Morgan fingerprint density at radius 1 is 1.08 bits per heavy atom. The first-order valence-corrected chi connectivity index (χ1v) is 7.58. The second-order valence-corrected chi connectivity index (χ2v) is 5.38. The monoisotopic (exact) mass is 344 g/mol. The number of rotatable bonds is 5. The van der Waals surface area contributed by atoms with E-state index in [0.717, 1.165) is 25.5 Å². The molecule has 25 heavy (non-hydrogen) atoms. The molecule has 0 spiro atoms. The number of hydrogen-bond donors (Lipinski definition) is 1. The molecular formula is C18H20N2O5. The molecule has 0 aliphatic rings. The Hall–Kier alpha value is -3.09. The second kappa shape index (κ2) is 7.65. The standard InChI is InChI=1S/C18H20N2O5/c1-11-12(2)20(10-13-8-6-5-7-9-13)16(19-11)14(17(22)24-3)15(21)18(23)25-4/h5-9,21H,10H2,1-4H3/b15-14+. The summed E-state index contributed by atoms with van der Waals surface area (Å²) in [6, 6.07) is 9.56. The number of aryl methyl sites for hydroxylation is 1. The first-order valence-electron chi connectivity index (χ1n) is 7.58. The number of esters is 2. The zero-order valence-corrected chi connectivity index (χ0v) is 14.6. The molecule has 2 rings (SSSR count). The number of nitrogens with zero attached hydrogens (tertiary/aromatic N) is 2. The Morgan fingerprint density at radius 3 is 2.24 bits per heavy atom. The van der Waals surface area contributed by atoms with E-state index in [0.29, 0.717) is 12.2 Å². The van der Waals surface area contributed by atoms with Crippen molar-refractivity contribution in [3.63, 3.8) is 0 Å². The van der Waals surface area contributed by atoms with Crippen LogP contribution in [0.2, 0.25) is 0 Å². The average Bonchev–Trinajstić information content (AvgIpc) is 2.90. The third-order valence-corrected chi connectivity index (χ3v) is 3.87. The molecule has 0 aliphatic heterocycles. The summed E-state index contributed by atoms with van der Waals surface area (Å²) in [7, 11) is 2.28. The summed E-state index contributed by atoms with van der Waals surface area (Å²) >= 11 is 0. The largest absolute Gasteiger partial charge is 0.501 e. The lowest BCUT2D eigenvalue weighted by Gasteiger charge is -2.13. The summed E-state index contributed by atoms with van der Waals surface area (Å²) in [5, 5.41) is 10.2. The smallest absolute Gasteiger partial charge is 0.374 e. The predicted molar refractivity (Wildman–Crippen MR) is 90.8 cm³/mol. The van der Waals surface area contributed by atoms with Crippen molar-refractivity contribution in [3.8, 4) is 0 Å². The number of aromatic nitrogens is 2. The minimum absolute atomic E-state index is 0.147. The summed E-state index contributed by atoms with van der Waals surface area (Å²) in [6.07, 6.45) is 0. The Balaban J connectivity index is 2.65. The zero-order valence-electron chi connectivity index (χ0n) is 14.6. The van der Waals surface area contributed by atoms with Crippen LogP contribution in [0.4, 0.5) is 0 Å². The second-order valence-electron chi connectivity index (χ2n) is 5.38. The van der Waals surface area contributed by atoms with E-state index in [1.54, 1.807) is 11.5 Å². The number of benzene rings is 1. The molecule has 0 aliphatic carbocycles. The van der Waals surface area contributed by atoms with Gasteiger partial charge >= 0.3 is 11.9 Å². The van der Waals surface area contributed by atoms with Crippen LogP contribution in [-0.4, -0.2) is 40.8 Å². The molecule has 7 nitrogen and oxygen atoms in total. The first-order chi connectivity index (χ1) is 11.9. The molecule has 0 saturated heterocycles. The van der Waals surface area contributed by atoms with Gasteiger partial charge in [0.15, 0.2) is 11.4 Å². The van der Waals surface area contributed by atoms with Gasteiger partial charge in [-0.15, -0.1) is 0 Å². The summed E-state index contributed by atoms with van der Waals surface area (Å²) in [6.45, 7) is 4.04. The van der Waals surface area contributed by atoms with Gasteiger partial charge in [0.05, 0.1) is 19.9 Å². The molecule has 0 radical (unpaired) electrons. The van der Waals surface area contributed by atoms with Crippen molar-refractivity contribution in [1.82, 2.24) is 9.55 Å². The zero-order chi connectivity index (χ0) is 18.6. The molecule has 1 aromatic carbocycles. The van der Waals surface area contributed by atoms with E-state index in [9.17, 15) is 14.7 Å². The topological polar surface area (TPSA) is 90.7 Å². The van der Waals surface area contributed by atoms with Crippen LogP contribution >= 0.6 is 0 Å². The van der Waals surface area contributed by atoms with E-state index in [1.807, 2.05) is 37.3 Å². The molecule has 1 heterocycles. The number of aliphatic hydroxyl groups excluding tert-OH is 1. The number of ether oxygens (including phenoxy) is 2.